The van der Waals surface area contributed by atoms with Crippen LogP contribution in [0.3, 0.4) is 0 Å². The van der Waals surface area contributed by atoms with Crippen LogP contribution >= 0.6 is 0 Å². The summed E-state index contributed by atoms with van der Waals surface area (Å²) in [6.45, 7) is 8.32. The van der Waals surface area contributed by atoms with Crippen LogP contribution in [0.2, 0.25) is 0 Å². The third kappa shape index (κ3) is 3.22. The minimum atomic E-state index is 0.647. The second-order valence-corrected chi connectivity index (χ2v) is 5.85. The molecule has 0 aliphatic carbocycles. The largest absolute Gasteiger partial charge is 0.380 e. The summed E-state index contributed by atoms with van der Waals surface area (Å²) in [4.78, 5) is 2.61. The molecule has 1 N–H and O–H groups in total. The number of rotatable bonds is 5. The monoisotopic (exact) mass is 278 g/mol. The van der Waals surface area contributed by atoms with Crippen molar-refractivity contribution in [3.63, 3.8) is 0 Å². The first-order valence-corrected chi connectivity index (χ1v) is 7.92. The highest BCUT2D eigenvalue weighted by molar-refractivity contribution is 5.00. The summed E-state index contributed by atoms with van der Waals surface area (Å²) < 4.78 is 7.56. The van der Waals surface area contributed by atoms with E-state index in [0.29, 0.717) is 12.1 Å². The Morgan fingerprint density at radius 2 is 2.20 bits per heavy atom. The molecule has 0 bridgehead atoms. The van der Waals surface area contributed by atoms with E-state index in [1.807, 2.05) is 6.20 Å². The van der Waals surface area contributed by atoms with Gasteiger partial charge in [-0.3, -0.25) is 9.58 Å². The predicted molar refractivity (Wildman–Crippen MR) is 78.6 cm³/mol. The van der Waals surface area contributed by atoms with Gasteiger partial charge >= 0.3 is 0 Å². The second-order valence-electron chi connectivity index (χ2n) is 5.85. The molecule has 2 saturated heterocycles. The van der Waals surface area contributed by atoms with Crippen LogP contribution in [0.25, 0.3) is 0 Å². The fraction of sp³-hybridized carbons (Fsp3) is 0.800. The van der Waals surface area contributed by atoms with Gasteiger partial charge in [0.05, 0.1) is 12.3 Å². The Labute approximate surface area is 121 Å². The van der Waals surface area contributed by atoms with Gasteiger partial charge in [0.25, 0.3) is 0 Å². The van der Waals surface area contributed by atoms with Gasteiger partial charge in [-0.2, -0.15) is 5.10 Å². The number of aryl methyl sites for hydroxylation is 1. The van der Waals surface area contributed by atoms with E-state index in [1.54, 1.807) is 0 Å². The number of ether oxygens (including phenoxy) is 1. The molecule has 5 heteroatoms. The Morgan fingerprint density at radius 3 is 2.90 bits per heavy atom. The van der Waals surface area contributed by atoms with E-state index in [0.717, 1.165) is 26.3 Å². The van der Waals surface area contributed by atoms with Crippen LogP contribution in [0.4, 0.5) is 0 Å². The Balaban J connectivity index is 1.42. The van der Waals surface area contributed by atoms with Gasteiger partial charge in [0.1, 0.15) is 0 Å². The van der Waals surface area contributed by atoms with Gasteiger partial charge in [0.15, 0.2) is 0 Å². The molecule has 0 radical (unpaired) electrons. The zero-order valence-electron chi connectivity index (χ0n) is 12.4. The lowest BCUT2D eigenvalue weighted by Crippen LogP contribution is -2.46. The summed E-state index contributed by atoms with van der Waals surface area (Å²) in [5.41, 5.74) is 1.29. The molecule has 2 aliphatic heterocycles. The van der Waals surface area contributed by atoms with Gasteiger partial charge in [0, 0.05) is 51.1 Å². The Bertz CT molecular complexity index is 406. The molecule has 112 valence electrons. The molecule has 1 unspecified atom stereocenters. The molecular weight excluding hydrogens is 252 g/mol. The maximum atomic E-state index is 5.49. The zero-order valence-corrected chi connectivity index (χ0v) is 12.4. The molecule has 0 saturated carbocycles. The molecule has 20 heavy (non-hydrogen) atoms. The number of piperidine rings is 1. The normalized spacial score (nSPS) is 25.4. The molecule has 1 atom stereocenters. The summed E-state index contributed by atoms with van der Waals surface area (Å²) in [6.07, 6.45) is 5.60. The fourth-order valence-electron chi connectivity index (χ4n) is 3.32. The molecule has 3 rings (SSSR count). The highest BCUT2D eigenvalue weighted by Crippen LogP contribution is 2.18. The molecule has 0 spiro atoms. The van der Waals surface area contributed by atoms with E-state index in [4.69, 9.17) is 4.74 Å². The van der Waals surface area contributed by atoms with Crippen LogP contribution in [0, 0.1) is 0 Å². The van der Waals surface area contributed by atoms with Crippen molar-refractivity contribution >= 4 is 0 Å². The molecule has 3 heterocycles. The zero-order chi connectivity index (χ0) is 13.8. The van der Waals surface area contributed by atoms with Gasteiger partial charge in [-0.05, 0) is 32.3 Å². The quantitative estimate of drug-likeness (QED) is 0.880. The lowest BCUT2D eigenvalue weighted by atomic mass is 10.0. The van der Waals surface area contributed by atoms with Crippen molar-refractivity contribution in [1.29, 1.82) is 0 Å². The average molecular weight is 278 g/mol. The predicted octanol–water partition coefficient (Wildman–Crippen LogP) is 1.25. The minimum absolute atomic E-state index is 0.647. The highest BCUT2D eigenvalue weighted by atomic mass is 16.5. The van der Waals surface area contributed by atoms with E-state index >= 15 is 0 Å². The van der Waals surface area contributed by atoms with Crippen molar-refractivity contribution in [3.05, 3.63) is 18.0 Å². The van der Waals surface area contributed by atoms with Crippen molar-refractivity contribution in [1.82, 2.24) is 20.0 Å². The molecule has 2 aliphatic rings. The fourth-order valence-corrected chi connectivity index (χ4v) is 3.32. The molecule has 0 aromatic carbocycles. The lowest BCUT2D eigenvalue weighted by molar-refractivity contribution is 0.116. The summed E-state index contributed by atoms with van der Waals surface area (Å²) >= 11 is 0. The summed E-state index contributed by atoms with van der Waals surface area (Å²) in [5.74, 6) is 0. The first-order valence-electron chi connectivity index (χ1n) is 7.92. The van der Waals surface area contributed by atoms with Crippen molar-refractivity contribution < 1.29 is 4.74 Å². The third-order valence-corrected chi connectivity index (χ3v) is 4.63. The van der Waals surface area contributed by atoms with Gasteiger partial charge in [0.2, 0.25) is 0 Å². The minimum Gasteiger partial charge on any atom is -0.380 e. The first kappa shape index (κ1) is 14.0. The Hall–Kier alpha value is -0.910. The number of hydrogen-bond donors (Lipinski definition) is 1. The average Bonchev–Trinajstić information content (AvgIpc) is 3.16. The Morgan fingerprint density at radius 1 is 1.35 bits per heavy atom. The third-order valence-electron chi connectivity index (χ3n) is 4.63. The smallest absolute Gasteiger partial charge is 0.0622 e. The van der Waals surface area contributed by atoms with Crippen LogP contribution < -0.4 is 5.32 Å². The SMILES string of the molecule is CCn1nccc1CNC1CCN(C2CCOC2)CC1. The molecular formula is C15H26N4O. The van der Waals surface area contributed by atoms with Crippen molar-refractivity contribution in [3.8, 4) is 0 Å². The van der Waals surface area contributed by atoms with Crippen LogP contribution in [0.1, 0.15) is 31.9 Å². The highest BCUT2D eigenvalue weighted by Gasteiger charge is 2.27. The Kier molecular flexibility index (Phi) is 4.70. The maximum Gasteiger partial charge on any atom is 0.0622 e. The molecule has 0 amide bonds. The van der Waals surface area contributed by atoms with Crippen LogP contribution in [-0.2, 0) is 17.8 Å². The van der Waals surface area contributed by atoms with Gasteiger partial charge in [-0.1, -0.05) is 0 Å². The van der Waals surface area contributed by atoms with Gasteiger partial charge in [-0.25, -0.2) is 0 Å². The molecule has 5 nitrogen and oxygen atoms in total. The lowest BCUT2D eigenvalue weighted by Gasteiger charge is -2.35. The van der Waals surface area contributed by atoms with Crippen molar-refractivity contribution in [2.75, 3.05) is 26.3 Å². The number of aromatic nitrogens is 2. The first-order chi connectivity index (χ1) is 9.86. The number of likely N-dealkylation sites (tertiary alicyclic amines) is 1. The van der Waals surface area contributed by atoms with E-state index in [2.05, 4.69) is 33.0 Å². The van der Waals surface area contributed by atoms with E-state index in [-0.39, 0.29) is 0 Å². The molecule has 1 aromatic heterocycles. The number of nitrogens with zero attached hydrogens (tertiary/aromatic N) is 3. The summed E-state index contributed by atoms with van der Waals surface area (Å²) in [7, 11) is 0. The van der Waals surface area contributed by atoms with Crippen molar-refractivity contribution in [2.24, 2.45) is 0 Å². The van der Waals surface area contributed by atoms with E-state index in [9.17, 15) is 0 Å². The van der Waals surface area contributed by atoms with Crippen molar-refractivity contribution in [2.45, 2.75) is 51.4 Å². The summed E-state index contributed by atoms with van der Waals surface area (Å²) in [5, 5.41) is 8.01. The molecule has 1 aromatic rings. The van der Waals surface area contributed by atoms with E-state index < -0.39 is 0 Å². The van der Waals surface area contributed by atoms with Gasteiger partial charge in [-0.15, -0.1) is 0 Å². The van der Waals surface area contributed by atoms with Crippen LogP contribution in [-0.4, -0.2) is 53.1 Å². The van der Waals surface area contributed by atoms with Crippen LogP contribution in [0.5, 0.6) is 0 Å². The standard InChI is InChI=1S/C15H26N4O/c1-2-19-14(3-7-17-19)11-16-13-4-8-18(9-5-13)15-6-10-20-12-15/h3,7,13,15-16H,2,4-6,8-12H2,1H3. The van der Waals surface area contributed by atoms with E-state index in [1.165, 1.54) is 38.0 Å². The maximum absolute atomic E-state index is 5.49. The number of nitrogens with one attached hydrogen (secondary N) is 1. The molecule has 2 fully saturated rings. The van der Waals surface area contributed by atoms with Gasteiger partial charge < -0.3 is 10.1 Å². The summed E-state index contributed by atoms with van der Waals surface area (Å²) in [6, 6.07) is 3.44. The topological polar surface area (TPSA) is 42.3 Å². The second kappa shape index (κ2) is 6.70. The van der Waals surface area contributed by atoms with Crippen LogP contribution in [0.15, 0.2) is 12.3 Å². The number of hydrogen-bond acceptors (Lipinski definition) is 4.